The van der Waals surface area contributed by atoms with Crippen LogP contribution in [0.1, 0.15) is 25.0 Å². The Bertz CT molecular complexity index is 1120. The van der Waals surface area contributed by atoms with Crippen LogP contribution < -0.4 is 10.2 Å². The monoisotopic (exact) mass is 440 g/mol. The molecule has 1 aromatic heterocycles. The van der Waals surface area contributed by atoms with E-state index in [0.717, 1.165) is 41.9 Å². The van der Waals surface area contributed by atoms with Crippen LogP contribution in [0.15, 0.2) is 64.0 Å². The van der Waals surface area contributed by atoms with Crippen LogP contribution in [0.25, 0.3) is 11.3 Å². The second-order valence-electron chi connectivity index (χ2n) is 7.94. The summed E-state index contributed by atoms with van der Waals surface area (Å²) in [6.07, 6.45) is 2.91. The van der Waals surface area contributed by atoms with Crippen LogP contribution in [-0.2, 0) is 16.6 Å². The first-order valence-electron chi connectivity index (χ1n) is 10.5. The lowest BCUT2D eigenvalue weighted by Gasteiger charge is -2.26. The van der Waals surface area contributed by atoms with Crippen molar-refractivity contribution in [3.8, 4) is 11.3 Å². The average molecular weight is 441 g/mol. The van der Waals surface area contributed by atoms with Gasteiger partial charge >= 0.3 is 0 Å². The van der Waals surface area contributed by atoms with Gasteiger partial charge < -0.3 is 14.7 Å². The summed E-state index contributed by atoms with van der Waals surface area (Å²) in [6, 6.07) is 17.0. The first kappa shape index (κ1) is 21.4. The number of rotatable bonds is 7. The third kappa shape index (κ3) is 4.75. The first-order chi connectivity index (χ1) is 14.9. The molecule has 1 saturated heterocycles. The molecule has 31 heavy (non-hydrogen) atoms. The molecule has 3 aromatic rings. The Kier molecular flexibility index (Phi) is 6.29. The molecule has 1 fully saturated rings. The molecule has 0 unspecified atom stereocenters. The number of hydrogen-bond donors (Lipinski definition) is 1. The number of nitrogens with zero attached hydrogens (tertiary/aromatic N) is 3. The maximum absolute atomic E-state index is 13.1. The van der Waals surface area contributed by atoms with Crippen molar-refractivity contribution >= 4 is 21.4 Å². The number of piperidine rings is 1. The quantitative estimate of drug-likeness (QED) is 0.593. The minimum absolute atomic E-state index is 0.310. The lowest BCUT2D eigenvalue weighted by atomic mass is 10.1. The lowest BCUT2D eigenvalue weighted by Crippen LogP contribution is -2.35. The Balaban J connectivity index is 1.56. The minimum atomic E-state index is -3.50. The minimum Gasteiger partial charge on any atom is -0.376 e. The van der Waals surface area contributed by atoms with Crippen LogP contribution in [0, 0.1) is 0 Å². The van der Waals surface area contributed by atoms with Crippen molar-refractivity contribution in [2.45, 2.75) is 30.7 Å². The molecule has 1 N–H and O–H groups in total. The number of nitrogens with one attached hydrogen (secondary N) is 1. The third-order valence-corrected chi connectivity index (χ3v) is 7.38. The predicted molar refractivity (Wildman–Crippen MR) is 123 cm³/mol. The largest absolute Gasteiger partial charge is 0.376 e. The second-order valence-corrected chi connectivity index (χ2v) is 9.87. The molecule has 0 saturated carbocycles. The molecule has 0 amide bonds. The molecule has 0 atom stereocenters. The first-order valence-corrected chi connectivity index (χ1v) is 12.0. The molecular formula is C23H28N4O3S. The molecule has 0 bridgehead atoms. The lowest BCUT2D eigenvalue weighted by molar-refractivity contribution is 0.346. The highest BCUT2D eigenvalue weighted by Gasteiger charge is 2.26. The van der Waals surface area contributed by atoms with E-state index in [2.05, 4.69) is 10.5 Å². The van der Waals surface area contributed by atoms with Gasteiger partial charge in [0.15, 0.2) is 5.76 Å². The molecule has 8 heteroatoms. The van der Waals surface area contributed by atoms with E-state index < -0.39 is 10.0 Å². The van der Waals surface area contributed by atoms with Gasteiger partial charge in [0.05, 0.1) is 22.8 Å². The smallest absolute Gasteiger partial charge is 0.243 e. The highest BCUT2D eigenvalue weighted by molar-refractivity contribution is 7.89. The Hall–Kier alpha value is -2.84. The molecule has 0 aliphatic carbocycles. The van der Waals surface area contributed by atoms with Gasteiger partial charge in [0.25, 0.3) is 0 Å². The van der Waals surface area contributed by atoms with E-state index in [9.17, 15) is 8.42 Å². The number of benzene rings is 2. The fourth-order valence-corrected chi connectivity index (χ4v) is 5.33. The normalized spacial score (nSPS) is 15.0. The molecule has 2 aromatic carbocycles. The van der Waals surface area contributed by atoms with E-state index in [1.165, 1.54) is 0 Å². The maximum atomic E-state index is 13.1. The molecule has 1 aliphatic heterocycles. The van der Waals surface area contributed by atoms with Gasteiger partial charge in [-0.1, -0.05) is 41.9 Å². The molecule has 2 heterocycles. The van der Waals surface area contributed by atoms with Crippen molar-refractivity contribution in [1.82, 2.24) is 9.46 Å². The Morgan fingerprint density at radius 2 is 1.77 bits per heavy atom. The molecular weight excluding hydrogens is 412 g/mol. The maximum Gasteiger partial charge on any atom is 0.243 e. The third-order valence-electron chi connectivity index (χ3n) is 5.48. The van der Waals surface area contributed by atoms with Crippen LogP contribution in [0.3, 0.4) is 0 Å². The van der Waals surface area contributed by atoms with E-state index >= 15 is 0 Å². The highest BCUT2D eigenvalue weighted by Crippen LogP contribution is 2.30. The van der Waals surface area contributed by atoms with Crippen LogP contribution in [0.2, 0.25) is 0 Å². The van der Waals surface area contributed by atoms with Crippen LogP contribution in [0.5, 0.6) is 0 Å². The van der Waals surface area contributed by atoms with E-state index in [0.29, 0.717) is 30.3 Å². The van der Waals surface area contributed by atoms with Crippen molar-refractivity contribution in [2.75, 3.05) is 37.4 Å². The Morgan fingerprint density at radius 3 is 2.48 bits per heavy atom. The van der Waals surface area contributed by atoms with Crippen LogP contribution >= 0.6 is 0 Å². The van der Waals surface area contributed by atoms with Gasteiger partial charge in [-0.3, -0.25) is 0 Å². The SMILES string of the molecule is CN(C)c1ccc(S(=O)(=O)N2CCCCC2)cc1NCc1cc(-c2ccccc2)no1. The highest BCUT2D eigenvalue weighted by atomic mass is 32.2. The Labute approximate surface area is 183 Å². The van der Waals surface area contributed by atoms with Crippen LogP contribution in [-0.4, -0.2) is 45.1 Å². The van der Waals surface area contributed by atoms with Gasteiger partial charge in [-0.25, -0.2) is 8.42 Å². The van der Waals surface area contributed by atoms with Gasteiger partial charge in [0.1, 0.15) is 5.69 Å². The second kappa shape index (κ2) is 9.11. The molecule has 0 radical (unpaired) electrons. The van der Waals surface area contributed by atoms with Gasteiger partial charge in [-0.15, -0.1) is 0 Å². The summed E-state index contributed by atoms with van der Waals surface area (Å²) >= 11 is 0. The predicted octanol–water partition coefficient (Wildman–Crippen LogP) is 4.19. The summed E-state index contributed by atoms with van der Waals surface area (Å²) in [5, 5.41) is 7.48. The summed E-state index contributed by atoms with van der Waals surface area (Å²) in [7, 11) is 0.361. The number of hydrogen-bond acceptors (Lipinski definition) is 6. The summed E-state index contributed by atoms with van der Waals surface area (Å²) in [5.41, 5.74) is 3.40. The van der Waals surface area contributed by atoms with Crippen molar-refractivity contribution in [3.63, 3.8) is 0 Å². The van der Waals surface area contributed by atoms with Gasteiger partial charge in [0, 0.05) is 38.8 Å². The molecule has 0 spiro atoms. The summed E-state index contributed by atoms with van der Waals surface area (Å²) < 4.78 is 33.3. The van der Waals surface area contributed by atoms with Gasteiger partial charge in [-0.05, 0) is 31.0 Å². The van der Waals surface area contributed by atoms with E-state index in [1.54, 1.807) is 16.4 Å². The number of aromatic nitrogens is 1. The van der Waals surface area contributed by atoms with E-state index in [1.807, 2.05) is 61.5 Å². The zero-order valence-electron chi connectivity index (χ0n) is 17.9. The summed E-state index contributed by atoms with van der Waals surface area (Å²) in [4.78, 5) is 2.26. The van der Waals surface area contributed by atoms with Gasteiger partial charge in [-0.2, -0.15) is 4.31 Å². The average Bonchev–Trinajstić information content (AvgIpc) is 3.28. The fourth-order valence-electron chi connectivity index (χ4n) is 3.79. The van der Waals surface area contributed by atoms with Crippen LogP contribution in [0.4, 0.5) is 11.4 Å². The number of sulfonamides is 1. The van der Waals surface area contributed by atoms with Crippen molar-refractivity contribution in [1.29, 1.82) is 0 Å². The van der Waals surface area contributed by atoms with Crippen molar-refractivity contribution < 1.29 is 12.9 Å². The molecule has 4 rings (SSSR count). The Morgan fingerprint density at radius 1 is 1.03 bits per heavy atom. The standard InChI is InChI=1S/C23H28N4O3S/c1-26(2)23-12-11-20(31(28,29)27-13-7-4-8-14-27)16-22(23)24-17-19-15-21(25-30-19)18-9-5-3-6-10-18/h3,5-6,9-12,15-16,24H,4,7-8,13-14,17H2,1-2H3. The number of anilines is 2. The molecule has 1 aliphatic rings. The van der Waals surface area contributed by atoms with Crippen molar-refractivity contribution in [3.05, 3.63) is 60.4 Å². The zero-order chi connectivity index (χ0) is 21.8. The van der Waals surface area contributed by atoms with Crippen molar-refractivity contribution in [2.24, 2.45) is 0 Å². The van der Waals surface area contributed by atoms with E-state index in [-0.39, 0.29) is 0 Å². The van der Waals surface area contributed by atoms with E-state index in [4.69, 9.17) is 4.52 Å². The fraction of sp³-hybridized carbons (Fsp3) is 0.348. The molecule has 7 nitrogen and oxygen atoms in total. The summed E-state index contributed by atoms with van der Waals surface area (Å²) in [5.74, 6) is 0.674. The topological polar surface area (TPSA) is 78.7 Å². The molecule has 164 valence electrons. The zero-order valence-corrected chi connectivity index (χ0v) is 18.7. The summed E-state index contributed by atoms with van der Waals surface area (Å²) in [6.45, 7) is 1.57. The van der Waals surface area contributed by atoms with Gasteiger partial charge in [0.2, 0.25) is 10.0 Å².